The zero-order valence-corrected chi connectivity index (χ0v) is 12.7. The van der Waals surface area contributed by atoms with Crippen molar-refractivity contribution in [3.8, 4) is 0 Å². The molecule has 7 heteroatoms. The first-order valence-corrected chi connectivity index (χ1v) is 7.68. The van der Waals surface area contributed by atoms with Crippen molar-refractivity contribution < 1.29 is 8.42 Å². The number of anilines is 1. The Hall–Kier alpha value is -0.300. The maximum atomic E-state index is 11.7. The van der Waals surface area contributed by atoms with Gasteiger partial charge in [-0.25, -0.2) is 0 Å². The largest absolute Gasteiger partial charge is 0.299 e. The molecule has 0 aliphatic rings. The monoisotopic (exact) mass is 340 g/mol. The van der Waals surface area contributed by atoms with Crippen LogP contribution in [0.25, 0.3) is 0 Å². The van der Waals surface area contributed by atoms with E-state index in [0.29, 0.717) is 21.7 Å². The molecule has 4 nitrogen and oxygen atoms in total. The van der Waals surface area contributed by atoms with Crippen LogP contribution in [-0.4, -0.2) is 15.0 Å². The van der Waals surface area contributed by atoms with E-state index in [-0.39, 0.29) is 5.92 Å². The molecule has 17 heavy (non-hydrogen) atoms. The lowest BCUT2D eigenvalue weighted by Gasteiger charge is -2.12. The highest BCUT2D eigenvalue weighted by Crippen LogP contribution is 2.26. The van der Waals surface area contributed by atoms with Gasteiger partial charge in [-0.2, -0.15) is 13.1 Å². The second kappa shape index (κ2) is 6.04. The van der Waals surface area contributed by atoms with Gasteiger partial charge in [-0.15, -0.1) is 0 Å². The van der Waals surface area contributed by atoms with Crippen LogP contribution in [0.1, 0.15) is 13.8 Å². The molecule has 0 bridgehead atoms. The number of halogens is 2. The molecule has 0 radical (unpaired) electrons. The van der Waals surface area contributed by atoms with Gasteiger partial charge in [0.25, 0.3) is 10.2 Å². The quantitative estimate of drug-likeness (QED) is 0.865. The Balaban J connectivity index is 2.79. The van der Waals surface area contributed by atoms with Gasteiger partial charge in [-0.05, 0) is 40.0 Å². The minimum absolute atomic E-state index is 0.245. The molecule has 96 valence electrons. The Kier molecular flexibility index (Phi) is 5.24. The van der Waals surface area contributed by atoms with E-state index in [4.69, 9.17) is 11.6 Å². The van der Waals surface area contributed by atoms with Gasteiger partial charge in [0.05, 0.1) is 5.69 Å². The van der Waals surface area contributed by atoms with Gasteiger partial charge < -0.3 is 0 Å². The minimum Gasteiger partial charge on any atom is -0.270 e. The van der Waals surface area contributed by atoms with Crippen LogP contribution in [0.15, 0.2) is 22.7 Å². The Morgan fingerprint density at radius 2 is 2.06 bits per heavy atom. The molecule has 0 saturated carbocycles. The fourth-order valence-corrected chi connectivity index (χ4v) is 2.77. The molecule has 1 aromatic rings. The number of rotatable bonds is 5. The fraction of sp³-hybridized carbons (Fsp3) is 0.400. The molecule has 0 atom stereocenters. The summed E-state index contributed by atoms with van der Waals surface area (Å²) in [5, 5.41) is 0.467. The lowest BCUT2D eigenvalue weighted by molar-refractivity contribution is 0.565. The smallest absolute Gasteiger partial charge is 0.270 e. The Labute approximate surface area is 115 Å². The second-order valence-corrected chi connectivity index (χ2v) is 6.76. The van der Waals surface area contributed by atoms with Gasteiger partial charge in [0.2, 0.25) is 0 Å². The van der Waals surface area contributed by atoms with Crippen LogP contribution in [0.3, 0.4) is 0 Å². The minimum atomic E-state index is -3.56. The van der Waals surface area contributed by atoms with Gasteiger partial charge in [-0.3, -0.25) is 4.72 Å². The predicted octanol–water partition coefficient (Wildman–Crippen LogP) is 3.00. The summed E-state index contributed by atoms with van der Waals surface area (Å²) in [4.78, 5) is 0. The van der Waals surface area contributed by atoms with Crippen molar-refractivity contribution in [1.82, 2.24) is 4.72 Å². The van der Waals surface area contributed by atoms with Crippen molar-refractivity contribution in [1.29, 1.82) is 0 Å². The Morgan fingerprint density at radius 1 is 1.41 bits per heavy atom. The van der Waals surface area contributed by atoms with E-state index >= 15 is 0 Å². The van der Waals surface area contributed by atoms with Crippen molar-refractivity contribution >= 4 is 43.4 Å². The lowest BCUT2D eigenvalue weighted by atomic mass is 10.2. The Morgan fingerprint density at radius 3 is 2.65 bits per heavy atom. The van der Waals surface area contributed by atoms with Gasteiger partial charge >= 0.3 is 0 Å². The van der Waals surface area contributed by atoms with Crippen LogP contribution >= 0.6 is 27.5 Å². The molecule has 0 saturated heterocycles. The molecule has 0 aliphatic heterocycles. The molecule has 0 fully saturated rings. The highest BCUT2D eigenvalue weighted by molar-refractivity contribution is 9.10. The van der Waals surface area contributed by atoms with E-state index in [1.807, 2.05) is 13.8 Å². The number of hydrogen-bond acceptors (Lipinski definition) is 2. The summed E-state index contributed by atoms with van der Waals surface area (Å²) in [5.41, 5.74) is 0.411. The molecule has 1 aromatic carbocycles. The maximum Gasteiger partial charge on any atom is 0.299 e. The average Bonchev–Trinajstić information content (AvgIpc) is 2.20. The third kappa shape index (κ3) is 5.25. The molecule has 0 aliphatic carbocycles. The summed E-state index contributed by atoms with van der Waals surface area (Å²) in [6.07, 6.45) is 0. The third-order valence-electron chi connectivity index (χ3n) is 1.85. The van der Waals surface area contributed by atoms with Gasteiger partial charge in [-0.1, -0.05) is 25.4 Å². The molecule has 0 spiro atoms. The summed E-state index contributed by atoms with van der Waals surface area (Å²) in [6, 6.07) is 4.90. The van der Waals surface area contributed by atoms with E-state index in [1.54, 1.807) is 18.2 Å². The topological polar surface area (TPSA) is 58.2 Å². The molecule has 0 unspecified atom stereocenters. The van der Waals surface area contributed by atoms with Crippen LogP contribution in [0.2, 0.25) is 5.02 Å². The third-order valence-corrected chi connectivity index (χ3v) is 3.82. The predicted molar refractivity (Wildman–Crippen MR) is 74.5 cm³/mol. The maximum absolute atomic E-state index is 11.7. The molecular weight excluding hydrogens is 328 g/mol. The van der Waals surface area contributed by atoms with Crippen LogP contribution in [0.5, 0.6) is 0 Å². The van der Waals surface area contributed by atoms with Crippen molar-refractivity contribution in [2.75, 3.05) is 11.3 Å². The normalized spacial score (nSPS) is 11.8. The molecule has 0 aromatic heterocycles. The summed E-state index contributed by atoms with van der Waals surface area (Å²) in [7, 11) is -3.56. The molecule has 1 rings (SSSR count). The molecule has 0 heterocycles. The summed E-state index contributed by atoms with van der Waals surface area (Å²) >= 11 is 9.05. The van der Waals surface area contributed by atoms with E-state index in [9.17, 15) is 8.42 Å². The van der Waals surface area contributed by atoms with E-state index in [0.717, 1.165) is 0 Å². The highest BCUT2D eigenvalue weighted by Gasteiger charge is 2.12. The second-order valence-electron chi connectivity index (χ2n) is 3.97. The number of hydrogen-bond donors (Lipinski definition) is 2. The fourth-order valence-electron chi connectivity index (χ4n) is 1.03. The first kappa shape index (κ1) is 14.8. The summed E-state index contributed by atoms with van der Waals surface area (Å²) < 4.78 is 28.9. The summed E-state index contributed by atoms with van der Waals surface area (Å²) in [5.74, 6) is 0.245. The van der Waals surface area contributed by atoms with Crippen LogP contribution < -0.4 is 9.44 Å². The van der Waals surface area contributed by atoms with Crippen molar-refractivity contribution in [3.63, 3.8) is 0 Å². The van der Waals surface area contributed by atoms with Crippen LogP contribution in [-0.2, 0) is 10.2 Å². The van der Waals surface area contributed by atoms with Crippen molar-refractivity contribution in [3.05, 3.63) is 27.7 Å². The van der Waals surface area contributed by atoms with E-state index < -0.39 is 10.2 Å². The number of benzene rings is 1. The molecule has 0 amide bonds. The summed E-state index contributed by atoms with van der Waals surface area (Å²) in [6.45, 7) is 4.24. The standard InChI is InChI=1S/C10H14BrClN2O2S/c1-7(2)6-13-17(15,16)14-10-5-8(12)3-4-9(10)11/h3-5,7,13-14H,6H2,1-2H3. The Bertz CT molecular complexity index is 491. The van der Waals surface area contributed by atoms with Gasteiger partial charge in [0, 0.05) is 16.0 Å². The first-order chi connectivity index (χ1) is 7.80. The highest BCUT2D eigenvalue weighted by atomic mass is 79.9. The average molecular weight is 342 g/mol. The van der Waals surface area contributed by atoms with E-state index in [1.165, 1.54) is 0 Å². The lowest BCUT2D eigenvalue weighted by Crippen LogP contribution is -2.32. The SMILES string of the molecule is CC(C)CNS(=O)(=O)Nc1cc(Cl)ccc1Br. The zero-order chi connectivity index (χ0) is 13.1. The zero-order valence-electron chi connectivity index (χ0n) is 9.50. The van der Waals surface area contributed by atoms with Crippen molar-refractivity contribution in [2.45, 2.75) is 13.8 Å². The van der Waals surface area contributed by atoms with Crippen LogP contribution in [0.4, 0.5) is 5.69 Å². The number of nitrogens with one attached hydrogen (secondary N) is 2. The van der Waals surface area contributed by atoms with Crippen LogP contribution in [0, 0.1) is 5.92 Å². The molecular formula is C10H14BrClN2O2S. The first-order valence-electron chi connectivity index (χ1n) is 5.02. The van der Waals surface area contributed by atoms with Gasteiger partial charge in [0.15, 0.2) is 0 Å². The van der Waals surface area contributed by atoms with E-state index in [2.05, 4.69) is 25.4 Å². The molecule has 2 N–H and O–H groups in total. The van der Waals surface area contributed by atoms with Crippen molar-refractivity contribution in [2.24, 2.45) is 5.92 Å². The van der Waals surface area contributed by atoms with Gasteiger partial charge in [0.1, 0.15) is 0 Å².